The van der Waals surface area contributed by atoms with Crippen molar-refractivity contribution in [2.24, 2.45) is 11.0 Å². The third kappa shape index (κ3) is 7.30. The monoisotopic (exact) mass is 356 g/mol. The summed E-state index contributed by atoms with van der Waals surface area (Å²) in [5.74, 6) is -2.07. The van der Waals surface area contributed by atoms with Crippen molar-refractivity contribution in [1.29, 1.82) is 0 Å². The zero-order valence-electron chi connectivity index (χ0n) is 14.8. The van der Waals surface area contributed by atoms with Gasteiger partial charge in [-0.2, -0.15) is 0 Å². The van der Waals surface area contributed by atoms with Gasteiger partial charge in [-0.15, -0.1) is 0 Å². The van der Waals surface area contributed by atoms with E-state index in [1.165, 1.54) is 6.92 Å². The van der Waals surface area contributed by atoms with Crippen LogP contribution in [0.4, 0.5) is 4.79 Å². The van der Waals surface area contributed by atoms with Crippen LogP contribution < -0.4 is 5.32 Å². The topological polar surface area (TPSA) is 151 Å². The van der Waals surface area contributed by atoms with Crippen molar-refractivity contribution < 1.29 is 29.0 Å². The summed E-state index contributed by atoms with van der Waals surface area (Å²) >= 11 is 0. The number of nitrogens with one attached hydrogen (secondary N) is 1. The molecule has 4 atom stereocenters. The molecule has 0 aromatic heterocycles. The van der Waals surface area contributed by atoms with Gasteiger partial charge in [0.15, 0.2) is 0 Å². The average Bonchev–Trinajstić information content (AvgIpc) is 2.40. The Balaban J connectivity index is 2.95. The first-order valence-corrected chi connectivity index (χ1v) is 7.94. The van der Waals surface area contributed by atoms with Crippen molar-refractivity contribution in [3.63, 3.8) is 0 Å². The summed E-state index contributed by atoms with van der Waals surface area (Å²) in [4.78, 5) is 37.2. The van der Waals surface area contributed by atoms with E-state index in [2.05, 4.69) is 15.3 Å². The number of nitrogens with zero attached hydrogens (tertiary/aromatic N) is 3. The number of aliphatic carboxylic acids is 1. The van der Waals surface area contributed by atoms with Crippen LogP contribution in [-0.4, -0.2) is 46.9 Å². The predicted molar refractivity (Wildman–Crippen MR) is 86.6 cm³/mol. The van der Waals surface area contributed by atoms with Crippen LogP contribution in [0.15, 0.2) is 5.11 Å². The standard InChI is InChI=1S/C15H24N4O6/c1-8(20)24-12-7-10(18-19-16)9(6-13(21)22)5-11(12)17-14(23)25-15(2,3)4/h9-12H,5-7H2,1-4H3,(H,17,23)(H,21,22)/t9-,10-,11-,12-/m1/s1. The molecular weight excluding hydrogens is 332 g/mol. The van der Waals surface area contributed by atoms with E-state index in [0.29, 0.717) is 0 Å². The van der Waals surface area contributed by atoms with Gasteiger partial charge in [-0.1, -0.05) is 5.11 Å². The minimum Gasteiger partial charge on any atom is -0.481 e. The molecule has 0 aliphatic heterocycles. The van der Waals surface area contributed by atoms with Gasteiger partial charge < -0.3 is 19.9 Å². The number of alkyl carbamates (subject to hydrolysis) is 1. The third-order valence-electron chi connectivity index (χ3n) is 3.68. The van der Waals surface area contributed by atoms with Gasteiger partial charge in [0.1, 0.15) is 11.7 Å². The third-order valence-corrected chi connectivity index (χ3v) is 3.68. The lowest BCUT2D eigenvalue weighted by atomic mass is 9.78. The predicted octanol–water partition coefficient (Wildman–Crippen LogP) is 2.38. The highest BCUT2D eigenvalue weighted by Crippen LogP contribution is 2.32. The second-order valence-electron chi connectivity index (χ2n) is 7.00. The van der Waals surface area contributed by atoms with Gasteiger partial charge in [0.2, 0.25) is 0 Å². The summed E-state index contributed by atoms with van der Waals surface area (Å²) < 4.78 is 10.4. The molecule has 1 amide bonds. The quantitative estimate of drug-likeness (QED) is 0.334. The van der Waals surface area contributed by atoms with Crippen molar-refractivity contribution in [3.8, 4) is 0 Å². The number of hydrogen-bond donors (Lipinski definition) is 2. The van der Waals surface area contributed by atoms with Crippen LogP contribution in [0.1, 0.15) is 47.0 Å². The van der Waals surface area contributed by atoms with Crippen molar-refractivity contribution in [2.45, 2.75) is 70.7 Å². The smallest absolute Gasteiger partial charge is 0.408 e. The molecule has 0 bridgehead atoms. The molecule has 1 aliphatic carbocycles. The zero-order chi connectivity index (χ0) is 19.2. The molecule has 10 heteroatoms. The van der Waals surface area contributed by atoms with E-state index in [1.807, 2.05) is 0 Å². The number of esters is 1. The molecule has 0 heterocycles. The maximum Gasteiger partial charge on any atom is 0.408 e. The minimum absolute atomic E-state index is 0.127. The minimum atomic E-state index is -1.04. The number of hydrogen-bond acceptors (Lipinski definition) is 6. The van der Waals surface area contributed by atoms with Gasteiger partial charge in [0, 0.05) is 24.3 Å². The Kier molecular flexibility index (Phi) is 7.05. The second kappa shape index (κ2) is 8.57. The van der Waals surface area contributed by atoms with Crippen LogP contribution in [0.25, 0.3) is 10.4 Å². The van der Waals surface area contributed by atoms with Gasteiger partial charge in [-0.25, -0.2) is 4.79 Å². The molecule has 0 saturated heterocycles. The fourth-order valence-electron chi connectivity index (χ4n) is 2.84. The molecule has 1 saturated carbocycles. The molecule has 1 rings (SSSR count). The molecule has 0 spiro atoms. The highest BCUT2D eigenvalue weighted by Gasteiger charge is 2.40. The van der Waals surface area contributed by atoms with Crippen molar-refractivity contribution in [2.75, 3.05) is 0 Å². The Morgan fingerprint density at radius 3 is 2.44 bits per heavy atom. The van der Waals surface area contributed by atoms with Crippen molar-refractivity contribution >= 4 is 18.0 Å². The lowest BCUT2D eigenvalue weighted by molar-refractivity contribution is -0.151. The Bertz CT molecular complexity index is 567. The highest BCUT2D eigenvalue weighted by molar-refractivity contribution is 5.69. The summed E-state index contributed by atoms with van der Waals surface area (Å²) in [6.07, 6.45) is -1.32. The number of carbonyl (C=O) groups excluding carboxylic acids is 2. The number of ether oxygens (including phenoxy) is 2. The van der Waals surface area contributed by atoms with Crippen LogP contribution in [0.3, 0.4) is 0 Å². The van der Waals surface area contributed by atoms with E-state index >= 15 is 0 Å². The normalized spacial score (nSPS) is 26.1. The average molecular weight is 356 g/mol. The van der Waals surface area contributed by atoms with E-state index in [1.54, 1.807) is 20.8 Å². The molecule has 10 nitrogen and oxygen atoms in total. The number of carboxylic acid groups (broad SMARTS) is 1. The van der Waals surface area contributed by atoms with Gasteiger partial charge in [0.05, 0.1) is 6.04 Å². The number of amides is 1. The fourth-order valence-corrected chi connectivity index (χ4v) is 2.84. The lowest BCUT2D eigenvalue weighted by Crippen LogP contribution is -2.53. The Labute approximate surface area is 145 Å². The summed E-state index contributed by atoms with van der Waals surface area (Å²) in [7, 11) is 0. The lowest BCUT2D eigenvalue weighted by Gasteiger charge is -2.39. The Hall–Kier alpha value is -2.48. The molecule has 0 unspecified atom stereocenters. The highest BCUT2D eigenvalue weighted by atomic mass is 16.6. The van der Waals surface area contributed by atoms with Crippen LogP contribution in [0, 0.1) is 5.92 Å². The van der Waals surface area contributed by atoms with Gasteiger partial charge in [-0.3, -0.25) is 9.59 Å². The van der Waals surface area contributed by atoms with Crippen LogP contribution >= 0.6 is 0 Å². The molecule has 2 N–H and O–H groups in total. The van der Waals surface area contributed by atoms with Crippen molar-refractivity contribution in [1.82, 2.24) is 5.32 Å². The maximum absolute atomic E-state index is 12.0. The second-order valence-corrected chi connectivity index (χ2v) is 7.00. The molecule has 140 valence electrons. The number of azide groups is 1. The van der Waals surface area contributed by atoms with E-state index in [4.69, 9.17) is 20.1 Å². The van der Waals surface area contributed by atoms with E-state index in [-0.39, 0.29) is 19.3 Å². The van der Waals surface area contributed by atoms with Crippen LogP contribution in [-0.2, 0) is 19.1 Å². The summed E-state index contributed by atoms with van der Waals surface area (Å²) in [6, 6.07) is -1.27. The molecule has 1 aliphatic rings. The van der Waals surface area contributed by atoms with Crippen molar-refractivity contribution in [3.05, 3.63) is 10.4 Å². The Morgan fingerprint density at radius 2 is 1.96 bits per heavy atom. The van der Waals surface area contributed by atoms with Gasteiger partial charge >= 0.3 is 18.0 Å². The number of carbonyl (C=O) groups is 3. The van der Waals surface area contributed by atoms with Gasteiger partial charge in [-0.05, 0) is 45.1 Å². The van der Waals surface area contributed by atoms with E-state index in [9.17, 15) is 14.4 Å². The molecule has 0 aromatic carbocycles. The molecule has 0 radical (unpaired) electrons. The maximum atomic E-state index is 12.0. The summed E-state index contributed by atoms with van der Waals surface area (Å²) in [5.41, 5.74) is 7.99. The van der Waals surface area contributed by atoms with E-state index in [0.717, 1.165) is 0 Å². The molecule has 25 heavy (non-hydrogen) atoms. The zero-order valence-corrected chi connectivity index (χ0v) is 14.8. The van der Waals surface area contributed by atoms with Crippen LogP contribution in [0.2, 0.25) is 0 Å². The first-order chi connectivity index (χ1) is 11.5. The molecular formula is C15H24N4O6. The first-order valence-electron chi connectivity index (χ1n) is 7.94. The van der Waals surface area contributed by atoms with Crippen LogP contribution in [0.5, 0.6) is 0 Å². The number of carboxylic acids is 1. The molecule has 0 aromatic rings. The summed E-state index contributed by atoms with van der Waals surface area (Å²) in [6.45, 7) is 6.36. The first kappa shape index (κ1) is 20.6. The van der Waals surface area contributed by atoms with Gasteiger partial charge in [0.25, 0.3) is 0 Å². The van der Waals surface area contributed by atoms with E-state index < -0.39 is 47.7 Å². The largest absolute Gasteiger partial charge is 0.481 e. The SMILES string of the molecule is CC(=O)O[C@@H]1C[C@@H](N=[N+]=[N-])[C@@H](CC(=O)O)C[C@H]1NC(=O)OC(C)(C)C. The molecule has 1 fully saturated rings. The number of rotatable bonds is 5. The Morgan fingerprint density at radius 1 is 1.32 bits per heavy atom. The summed E-state index contributed by atoms with van der Waals surface area (Å²) in [5, 5.41) is 15.3. The fraction of sp³-hybridized carbons (Fsp3) is 0.800.